The van der Waals surface area contributed by atoms with E-state index in [1.807, 2.05) is 24.3 Å². The molecule has 1 N–H and O–H groups in total. The van der Waals surface area contributed by atoms with Crippen molar-refractivity contribution in [1.82, 2.24) is 4.90 Å². The quantitative estimate of drug-likeness (QED) is 0.903. The molecule has 0 saturated carbocycles. The highest BCUT2D eigenvalue weighted by Gasteiger charge is 2.26. The van der Waals surface area contributed by atoms with Gasteiger partial charge in [-0.1, -0.05) is 38.1 Å². The summed E-state index contributed by atoms with van der Waals surface area (Å²) in [6, 6.07) is 14.3. The van der Waals surface area contributed by atoms with Crippen LogP contribution in [0, 0.1) is 0 Å². The maximum Gasteiger partial charge on any atom is 0.260 e. The number of hydrogen-bond donors (Lipinski definition) is 1. The first-order chi connectivity index (χ1) is 12.6. The van der Waals surface area contributed by atoms with Crippen LogP contribution in [0.25, 0.3) is 0 Å². The smallest absolute Gasteiger partial charge is 0.260 e. The summed E-state index contributed by atoms with van der Waals surface area (Å²) in [5, 5.41) is 3.43. The molecule has 0 aromatic heterocycles. The molecule has 4 rings (SSSR count). The summed E-state index contributed by atoms with van der Waals surface area (Å²) in [5.74, 6) is 1.14. The van der Waals surface area contributed by atoms with E-state index in [0.29, 0.717) is 30.5 Å². The number of carbonyl (C=O) groups excluding carboxylic acids is 1. The first kappa shape index (κ1) is 16.8. The molecule has 1 aliphatic heterocycles. The zero-order chi connectivity index (χ0) is 18.1. The molecule has 0 radical (unpaired) electrons. The average Bonchev–Trinajstić information content (AvgIpc) is 3.31. The molecule has 2 aromatic carbocycles. The lowest BCUT2D eigenvalue weighted by molar-refractivity contribution is 0.0858. The summed E-state index contributed by atoms with van der Waals surface area (Å²) < 4.78 is 0. The Labute approximate surface area is 154 Å². The predicted molar refractivity (Wildman–Crippen MR) is 106 cm³/mol. The highest BCUT2D eigenvalue weighted by molar-refractivity contribution is 6.11. The van der Waals surface area contributed by atoms with Gasteiger partial charge in [0.2, 0.25) is 5.96 Å². The number of amides is 1. The van der Waals surface area contributed by atoms with Crippen LogP contribution in [-0.2, 0) is 12.8 Å². The second kappa shape index (κ2) is 6.94. The van der Waals surface area contributed by atoms with Crippen LogP contribution in [-0.4, -0.2) is 29.9 Å². The van der Waals surface area contributed by atoms with Crippen LogP contribution in [0.3, 0.4) is 0 Å². The molecule has 4 heteroatoms. The van der Waals surface area contributed by atoms with Crippen LogP contribution in [0.15, 0.2) is 47.5 Å². The summed E-state index contributed by atoms with van der Waals surface area (Å²) >= 11 is 0. The van der Waals surface area contributed by atoms with Gasteiger partial charge in [-0.3, -0.25) is 14.7 Å². The van der Waals surface area contributed by atoms with E-state index in [1.165, 1.54) is 23.1 Å². The molecule has 2 aliphatic rings. The van der Waals surface area contributed by atoms with Gasteiger partial charge in [-0.05, 0) is 60.1 Å². The zero-order valence-corrected chi connectivity index (χ0v) is 15.5. The number of benzene rings is 2. The third-order valence-electron chi connectivity index (χ3n) is 5.30. The maximum absolute atomic E-state index is 13.0. The number of aryl methyl sites for hydroxylation is 1. The Balaban J connectivity index is 1.53. The Hall–Kier alpha value is -2.62. The van der Waals surface area contributed by atoms with Crippen molar-refractivity contribution < 1.29 is 4.79 Å². The first-order valence-electron chi connectivity index (χ1n) is 9.47. The molecule has 0 bridgehead atoms. The number of hydrogen-bond acceptors (Lipinski definition) is 3. The van der Waals surface area contributed by atoms with Gasteiger partial charge in [-0.2, -0.15) is 0 Å². The number of fused-ring (bicyclic) bond motifs is 1. The molecule has 0 unspecified atom stereocenters. The summed E-state index contributed by atoms with van der Waals surface area (Å²) in [6.07, 6.45) is 3.43. The molecule has 134 valence electrons. The number of nitrogens with zero attached hydrogens (tertiary/aromatic N) is 2. The van der Waals surface area contributed by atoms with Gasteiger partial charge in [0.15, 0.2) is 0 Å². The normalized spacial score (nSPS) is 16.0. The molecule has 1 amide bonds. The van der Waals surface area contributed by atoms with E-state index in [0.717, 1.165) is 18.5 Å². The minimum atomic E-state index is 0.0108. The first-order valence-corrected chi connectivity index (χ1v) is 9.47. The molecule has 0 saturated heterocycles. The highest BCUT2D eigenvalue weighted by Crippen LogP contribution is 2.29. The van der Waals surface area contributed by atoms with Gasteiger partial charge >= 0.3 is 0 Å². The summed E-state index contributed by atoms with van der Waals surface area (Å²) in [7, 11) is 0. The van der Waals surface area contributed by atoms with Crippen LogP contribution >= 0.6 is 0 Å². The van der Waals surface area contributed by atoms with Crippen molar-refractivity contribution in [2.45, 2.75) is 39.0 Å². The van der Waals surface area contributed by atoms with Crippen LogP contribution in [0.5, 0.6) is 0 Å². The molecular weight excluding hydrogens is 322 g/mol. The molecule has 0 atom stereocenters. The van der Waals surface area contributed by atoms with Crippen LogP contribution in [0.2, 0.25) is 0 Å². The molecule has 2 aromatic rings. The summed E-state index contributed by atoms with van der Waals surface area (Å²) in [6.45, 7) is 5.59. The third-order valence-corrected chi connectivity index (χ3v) is 5.30. The SMILES string of the molecule is CC(C)c1ccc(C(=O)N2CCN=C2Nc2cccc3c2CCC3)cc1. The molecule has 26 heavy (non-hydrogen) atoms. The third kappa shape index (κ3) is 3.12. The van der Waals surface area contributed by atoms with E-state index in [-0.39, 0.29) is 5.91 Å². The van der Waals surface area contributed by atoms with Crippen molar-refractivity contribution in [1.29, 1.82) is 0 Å². The monoisotopic (exact) mass is 347 g/mol. The largest absolute Gasteiger partial charge is 0.326 e. The predicted octanol–water partition coefficient (Wildman–Crippen LogP) is 4.22. The standard InChI is InChI=1S/C22H25N3O/c1-15(2)16-9-11-18(12-10-16)21(26)25-14-13-23-22(25)24-20-8-4-6-17-5-3-7-19(17)20/h4,6,8-12,15H,3,5,7,13-14H2,1-2H3,(H,23,24). The van der Waals surface area contributed by atoms with Gasteiger partial charge in [-0.15, -0.1) is 0 Å². The Morgan fingerprint density at radius 2 is 1.92 bits per heavy atom. The minimum Gasteiger partial charge on any atom is -0.326 e. The van der Waals surface area contributed by atoms with Crippen molar-refractivity contribution in [3.05, 3.63) is 64.7 Å². The molecule has 4 nitrogen and oxygen atoms in total. The van der Waals surface area contributed by atoms with Gasteiger partial charge in [0.1, 0.15) is 0 Å². The Kier molecular flexibility index (Phi) is 4.49. The lowest BCUT2D eigenvalue weighted by Gasteiger charge is -2.21. The van der Waals surface area contributed by atoms with Gasteiger partial charge in [0.05, 0.1) is 6.54 Å². The second-order valence-electron chi connectivity index (χ2n) is 7.36. The number of nitrogens with one attached hydrogen (secondary N) is 1. The lowest BCUT2D eigenvalue weighted by Crippen LogP contribution is -2.38. The molecule has 0 spiro atoms. The van der Waals surface area contributed by atoms with Crippen molar-refractivity contribution in [2.24, 2.45) is 4.99 Å². The van der Waals surface area contributed by atoms with Crippen molar-refractivity contribution in [2.75, 3.05) is 18.4 Å². The Bertz CT molecular complexity index is 852. The Morgan fingerprint density at radius 1 is 1.12 bits per heavy atom. The average molecular weight is 347 g/mol. The van der Waals surface area contributed by atoms with Crippen LogP contribution in [0.4, 0.5) is 5.69 Å². The van der Waals surface area contributed by atoms with Crippen molar-refractivity contribution >= 4 is 17.6 Å². The van der Waals surface area contributed by atoms with E-state index in [2.05, 4.69) is 42.4 Å². The molecule has 0 fully saturated rings. The number of anilines is 1. The summed E-state index contributed by atoms with van der Waals surface area (Å²) in [5.41, 5.74) is 5.83. The number of rotatable bonds is 3. The van der Waals surface area contributed by atoms with E-state index in [4.69, 9.17) is 0 Å². The van der Waals surface area contributed by atoms with Crippen LogP contribution in [0.1, 0.15) is 53.2 Å². The van der Waals surface area contributed by atoms with Crippen molar-refractivity contribution in [3.8, 4) is 0 Å². The van der Waals surface area contributed by atoms with E-state index < -0.39 is 0 Å². The zero-order valence-electron chi connectivity index (χ0n) is 15.5. The fourth-order valence-electron chi connectivity index (χ4n) is 3.78. The second-order valence-corrected chi connectivity index (χ2v) is 7.36. The van der Waals surface area contributed by atoms with Gasteiger partial charge < -0.3 is 5.32 Å². The van der Waals surface area contributed by atoms with Crippen molar-refractivity contribution in [3.63, 3.8) is 0 Å². The molecule has 1 aliphatic carbocycles. The molecular formula is C22H25N3O. The number of guanidine groups is 1. The summed E-state index contributed by atoms with van der Waals surface area (Å²) in [4.78, 5) is 19.3. The fourth-order valence-corrected chi connectivity index (χ4v) is 3.78. The molecule has 1 heterocycles. The topological polar surface area (TPSA) is 44.7 Å². The maximum atomic E-state index is 13.0. The van der Waals surface area contributed by atoms with Gasteiger partial charge in [-0.25, -0.2) is 0 Å². The highest BCUT2D eigenvalue weighted by atomic mass is 16.2. The fraction of sp³-hybridized carbons (Fsp3) is 0.364. The number of aliphatic imine (C=N–C) groups is 1. The van der Waals surface area contributed by atoms with Gasteiger partial charge in [0, 0.05) is 17.8 Å². The Morgan fingerprint density at radius 3 is 2.69 bits per heavy atom. The van der Waals surface area contributed by atoms with Crippen LogP contribution < -0.4 is 5.32 Å². The number of carbonyl (C=O) groups is 1. The van der Waals surface area contributed by atoms with Gasteiger partial charge in [0.25, 0.3) is 5.91 Å². The van der Waals surface area contributed by atoms with E-state index in [1.54, 1.807) is 4.90 Å². The lowest BCUT2D eigenvalue weighted by atomic mass is 10.0. The van der Waals surface area contributed by atoms with E-state index >= 15 is 0 Å². The minimum absolute atomic E-state index is 0.0108. The van der Waals surface area contributed by atoms with E-state index in [9.17, 15) is 4.79 Å².